The van der Waals surface area contributed by atoms with E-state index in [1.165, 1.54) is 0 Å². The lowest BCUT2D eigenvalue weighted by molar-refractivity contribution is 0.340. The molecule has 21 heavy (non-hydrogen) atoms. The number of methoxy groups -OCH3 is 1. The van der Waals surface area contributed by atoms with E-state index >= 15 is 0 Å². The molecule has 0 aliphatic heterocycles. The van der Waals surface area contributed by atoms with Crippen LogP contribution in [0.4, 0.5) is 0 Å². The molecule has 0 bridgehead atoms. The van der Waals surface area contributed by atoms with Crippen LogP contribution in [-0.2, 0) is 0 Å². The molecule has 0 amide bonds. The molecule has 3 nitrogen and oxygen atoms in total. The summed E-state index contributed by atoms with van der Waals surface area (Å²) in [5.74, 6) is 1.75. The minimum absolute atomic E-state index is 0.0631. The van der Waals surface area contributed by atoms with Crippen molar-refractivity contribution in [2.45, 2.75) is 13.0 Å². The quantitative estimate of drug-likeness (QED) is 0.848. The van der Waals surface area contributed by atoms with E-state index in [1.807, 2.05) is 38.2 Å². The largest absolute Gasteiger partial charge is 0.496 e. The number of benzene rings is 2. The van der Waals surface area contributed by atoms with Crippen LogP contribution in [0.5, 0.6) is 11.5 Å². The number of hydrogen-bond donors (Lipinski definition) is 1. The standard InChI is InChI=1S/C17H20BrNO2/c1-4-21-14-8-5-12(6-9-14)17(19-2)15-11-13(18)7-10-16(15)20-3/h5-11,17,19H,4H2,1-3H3. The normalized spacial score (nSPS) is 12.0. The van der Waals surface area contributed by atoms with Gasteiger partial charge in [0.2, 0.25) is 0 Å². The molecule has 2 aromatic carbocycles. The maximum absolute atomic E-state index is 5.49. The van der Waals surface area contributed by atoms with Gasteiger partial charge in [-0.05, 0) is 49.9 Å². The highest BCUT2D eigenvalue weighted by molar-refractivity contribution is 9.10. The van der Waals surface area contributed by atoms with Gasteiger partial charge in [0, 0.05) is 10.0 Å². The van der Waals surface area contributed by atoms with Crippen LogP contribution in [0.3, 0.4) is 0 Å². The monoisotopic (exact) mass is 349 g/mol. The predicted molar refractivity (Wildman–Crippen MR) is 89.2 cm³/mol. The molecule has 0 saturated carbocycles. The summed E-state index contributed by atoms with van der Waals surface area (Å²) in [7, 11) is 3.64. The summed E-state index contributed by atoms with van der Waals surface area (Å²) < 4.78 is 12.0. The fourth-order valence-corrected chi connectivity index (χ4v) is 2.73. The van der Waals surface area contributed by atoms with E-state index < -0.39 is 0 Å². The number of hydrogen-bond acceptors (Lipinski definition) is 3. The number of ether oxygens (including phenoxy) is 2. The van der Waals surface area contributed by atoms with Gasteiger partial charge in [-0.25, -0.2) is 0 Å². The maximum atomic E-state index is 5.49. The number of halogens is 1. The molecule has 0 spiro atoms. The smallest absolute Gasteiger partial charge is 0.124 e. The van der Waals surface area contributed by atoms with Crippen molar-refractivity contribution in [3.63, 3.8) is 0 Å². The van der Waals surface area contributed by atoms with Gasteiger partial charge in [-0.1, -0.05) is 28.1 Å². The third-order valence-corrected chi connectivity index (χ3v) is 3.81. The zero-order chi connectivity index (χ0) is 15.2. The predicted octanol–water partition coefficient (Wildman–Crippen LogP) is 4.17. The highest BCUT2D eigenvalue weighted by Crippen LogP contribution is 2.32. The molecule has 1 unspecified atom stereocenters. The topological polar surface area (TPSA) is 30.5 Å². The fourth-order valence-electron chi connectivity index (χ4n) is 2.36. The lowest BCUT2D eigenvalue weighted by Gasteiger charge is -2.20. The van der Waals surface area contributed by atoms with Gasteiger partial charge < -0.3 is 14.8 Å². The van der Waals surface area contributed by atoms with Crippen molar-refractivity contribution in [3.05, 3.63) is 58.1 Å². The zero-order valence-corrected chi connectivity index (χ0v) is 14.1. The molecule has 1 atom stereocenters. The molecule has 2 aromatic rings. The second kappa shape index (κ2) is 7.48. The lowest BCUT2D eigenvalue weighted by Crippen LogP contribution is -2.18. The van der Waals surface area contributed by atoms with E-state index in [9.17, 15) is 0 Å². The summed E-state index contributed by atoms with van der Waals surface area (Å²) in [5, 5.41) is 3.35. The molecular formula is C17H20BrNO2. The van der Waals surface area contributed by atoms with Crippen molar-refractivity contribution in [1.29, 1.82) is 0 Å². The first-order chi connectivity index (χ1) is 10.2. The Bertz CT molecular complexity index is 584. The van der Waals surface area contributed by atoms with E-state index in [0.29, 0.717) is 6.61 Å². The summed E-state index contributed by atoms with van der Waals surface area (Å²) in [5.41, 5.74) is 2.26. The van der Waals surface area contributed by atoms with Crippen molar-refractivity contribution in [2.75, 3.05) is 20.8 Å². The molecule has 4 heteroatoms. The minimum Gasteiger partial charge on any atom is -0.496 e. The van der Waals surface area contributed by atoms with Crippen molar-refractivity contribution >= 4 is 15.9 Å². The van der Waals surface area contributed by atoms with Crippen LogP contribution in [-0.4, -0.2) is 20.8 Å². The summed E-state index contributed by atoms with van der Waals surface area (Å²) in [4.78, 5) is 0. The van der Waals surface area contributed by atoms with Gasteiger partial charge in [0.1, 0.15) is 11.5 Å². The molecule has 0 aliphatic rings. The maximum Gasteiger partial charge on any atom is 0.124 e. The van der Waals surface area contributed by atoms with Crippen LogP contribution in [0.2, 0.25) is 0 Å². The summed E-state index contributed by atoms with van der Waals surface area (Å²) in [6, 6.07) is 14.2. The highest BCUT2D eigenvalue weighted by atomic mass is 79.9. The van der Waals surface area contributed by atoms with Gasteiger partial charge in [-0.2, -0.15) is 0 Å². The van der Waals surface area contributed by atoms with Gasteiger partial charge in [0.25, 0.3) is 0 Å². The second-order valence-corrected chi connectivity index (χ2v) is 5.53. The van der Waals surface area contributed by atoms with E-state index in [4.69, 9.17) is 9.47 Å². The summed E-state index contributed by atoms with van der Waals surface area (Å²) in [6.07, 6.45) is 0. The van der Waals surface area contributed by atoms with Crippen molar-refractivity contribution < 1.29 is 9.47 Å². The molecular weight excluding hydrogens is 330 g/mol. The average molecular weight is 350 g/mol. The van der Waals surface area contributed by atoms with Crippen molar-refractivity contribution in [3.8, 4) is 11.5 Å². The highest BCUT2D eigenvalue weighted by Gasteiger charge is 2.17. The molecule has 0 saturated heterocycles. The first-order valence-corrected chi connectivity index (χ1v) is 7.72. The Balaban J connectivity index is 2.37. The van der Waals surface area contributed by atoms with Crippen LogP contribution < -0.4 is 14.8 Å². The summed E-state index contributed by atoms with van der Waals surface area (Å²) in [6.45, 7) is 2.66. The second-order valence-electron chi connectivity index (χ2n) is 4.61. The Morgan fingerprint density at radius 1 is 1.14 bits per heavy atom. The Hall–Kier alpha value is -1.52. The van der Waals surface area contributed by atoms with Crippen LogP contribution in [0.1, 0.15) is 24.1 Å². The van der Waals surface area contributed by atoms with Gasteiger partial charge in [-0.3, -0.25) is 0 Å². The van der Waals surface area contributed by atoms with Crippen molar-refractivity contribution in [2.24, 2.45) is 0 Å². The first-order valence-electron chi connectivity index (χ1n) is 6.93. The SMILES string of the molecule is CCOc1ccc(C(NC)c2cc(Br)ccc2OC)cc1. The zero-order valence-electron chi connectivity index (χ0n) is 12.5. The van der Waals surface area contributed by atoms with Gasteiger partial charge in [0.15, 0.2) is 0 Å². The molecule has 0 radical (unpaired) electrons. The van der Waals surface area contributed by atoms with Crippen LogP contribution in [0.15, 0.2) is 46.9 Å². The lowest BCUT2D eigenvalue weighted by atomic mass is 9.98. The number of nitrogens with one attached hydrogen (secondary N) is 1. The van der Waals surface area contributed by atoms with Crippen molar-refractivity contribution in [1.82, 2.24) is 5.32 Å². The molecule has 1 N–H and O–H groups in total. The van der Waals surface area contributed by atoms with Gasteiger partial charge in [-0.15, -0.1) is 0 Å². The molecule has 0 fully saturated rings. The Kier molecular flexibility index (Phi) is 5.65. The Morgan fingerprint density at radius 3 is 2.43 bits per heavy atom. The van der Waals surface area contributed by atoms with Crippen LogP contribution in [0.25, 0.3) is 0 Å². The van der Waals surface area contributed by atoms with E-state index in [2.05, 4.69) is 39.4 Å². The van der Waals surface area contributed by atoms with Gasteiger partial charge in [0.05, 0.1) is 19.8 Å². The molecule has 0 aliphatic carbocycles. The Labute approximate surface area is 134 Å². The fraction of sp³-hybridized carbons (Fsp3) is 0.294. The molecule has 0 aromatic heterocycles. The third-order valence-electron chi connectivity index (χ3n) is 3.32. The third kappa shape index (κ3) is 3.77. The molecule has 0 heterocycles. The molecule has 2 rings (SSSR count). The average Bonchev–Trinajstić information content (AvgIpc) is 2.50. The van der Waals surface area contributed by atoms with Crippen LogP contribution in [0, 0.1) is 0 Å². The molecule has 112 valence electrons. The minimum atomic E-state index is 0.0631. The Morgan fingerprint density at radius 2 is 1.86 bits per heavy atom. The number of rotatable bonds is 6. The van der Waals surface area contributed by atoms with E-state index in [1.54, 1.807) is 7.11 Å². The van der Waals surface area contributed by atoms with Gasteiger partial charge >= 0.3 is 0 Å². The first kappa shape index (κ1) is 15.9. The van der Waals surface area contributed by atoms with E-state index in [-0.39, 0.29) is 6.04 Å². The van der Waals surface area contributed by atoms with Crippen LogP contribution >= 0.6 is 15.9 Å². The van der Waals surface area contributed by atoms with E-state index in [0.717, 1.165) is 27.1 Å². The summed E-state index contributed by atoms with van der Waals surface area (Å²) >= 11 is 3.52.